The lowest BCUT2D eigenvalue weighted by Crippen LogP contribution is -2.30. The number of benzene rings is 2. The molecule has 1 heterocycles. The summed E-state index contributed by atoms with van der Waals surface area (Å²) in [5.74, 6) is -5.02. The third-order valence-corrected chi connectivity index (χ3v) is 5.19. The normalized spacial score (nSPS) is 13.1. The van der Waals surface area contributed by atoms with Crippen LogP contribution in [0.3, 0.4) is 0 Å². The van der Waals surface area contributed by atoms with Crippen LogP contribution in [0.5, 0.6) is 0 Å². The lowest BCUT2D eigenvalue weighted by atomic mass is 9.93. The molecule has 0 aliphatic carbocycles. The summed E-state index contributed by atoms with van der Waals surface area (Å²) in [5, 5.41) is 8.05. The zero-order valence-corrected chi connectivity index (χ0v) is 18.2. The van der Waals surface area contributed by atoms with Gasteiger partial charge in [-0.15, -0.1) is 0 Å². The van der Waals surface area contributed by atoms with Gasteiger partial charge in [0.25, 0.3) is 0 Å². The lowest BCUT2D eigenvalue weighted by molar-refractivity contribution is -0.141. The molecule has 2 N–H and O–H groups in total. The van der Waals surface area contributed by atoms with Crippen LogP contribution in [0.2, 0.25) is 5.02 Å². The van der Waals surface area contributed by atoms with Gasteiger partial charge in [0.1, 0.15) is 17.3 Å². The number of hydrogen-bond donors (Lipinski definition) is 2. The van der Waals surface area contributed by atoms with Crippen molar-refractivity contribution in [2.45, 2.75) is 26.1 Å². The molecule has 3 rings (SSSR count). The molecule has 12 heteroatoms. The predicted octanol–water partition coefficient (Wildman–Crippen LogP) is 6.42. The van der Waals surface area contributed by atoms with Crippen molar-refractivity contribution in [1.29, 1.82) is 0 Å². The molecular weight excluding hydrogens is 486 g/mol. The standard InChI is InChI=1S/C22H17ClF6N4O/c1-2-14(20(34)11-4-6-16(25)17(26)7-11)21(30-10-12-3-5-13(24)8-15(12)23)31-19-9-18(32-33-19)22(27,28)29/h3-9,14H,2,10H2,1H3,(H2,30,31,32,33). The van der Waals surface area contributed by atoms with Gasteiger partial charge < -0.3 is 5.32 Å². The molecule has 1 atom stereocenters. The Morgan fingerprint density at radius 3 is 2.44 bits per heavy atom. The van der Waals surface area contributed by atoms with Crippen molar-refractivity contribution in [3.63, 3.8) is 0 Å². The highest BCUT2D eigenvalue weighted by Gasteiger charge is 2.33. The average Bonchev–Trinajstić information content (AvgIpc) is 3.24. The Bertz CT molecular complexity index is 1220. The zero-order valence-electron chi connectivity index (χ0n) is 17.5. The largest absolute Gasteiger partial charge is 0.432 e. The molecule has 0 amide bonds. The van der Waals surface area contributed by atoms with Gasteiger partial charge in [0.05, 0.1) is 12.5 Å². The third kappa shape index (κ3) is 5.96. The third-order valence-electron chi connectivity index (χ3n) is 4.83. The van der Waals surface area contributed by atoms with Crippen molar-refractivity contribution in [1.82, 2.24) is 10.2 Å². The molecule has 34 heavy (non-hydrogen) atoms. The minimum Gasteiger partial charge on any atom is -0.327 e. The van der Waals surface area contributed by atoms with Crippen LogP contribution < -0.4 is 5.32 Å². The van der Waals surface area contributed by atoms with Gasteiger partial charge in [-0.1, -0.05) is 24.6 Å². The summed E-state index contributed by atoms with van der Waals surface area (Å²) in [5.41, 5.74) is -0.899. The summed E-state index contributed by atoms with van der Waals surface area (Å²) in [6.07, 6.45) is -4.57. The number of Topliss-reactive ketones (excluding diaryl/α,β-unsaturated/α-hetero) is 1. The Morgan fingerprint density at radius 2 is 1.85 bits per heavy atom. The van der Waals surface area contributed by atoms with Crippen LogP contribution in [-0.4, -0.2) is 21.8 Å². The molecule has 0 aliphatic rings. The fourth-order valence-electron chi connectivity index (χ4n) is 3.07. The van der Waals surface area contributed by atoms with E-state index in [1.54, 1.807) is 6.92 Å². The molecule has 0 fully saturated rings. The second-order valence-corrected chi connectivity index (χ2v) is 7.59. The van der Waals surface area contributed by atoms with E-state index in [1.807, 2.05) is 5.10 Å². The van der Waals surface area contributed by atoms with Crippen molar-refractivity contribution < 1.29 is 31.1 Å². The summed E-state index contributed by atoms with van der Waals surface area (Å²) in [4.78, 5) is 17.3. The molecule has 0 saturated heterocycles. The van der Waals surface area contributed by atoms with Crippen LogP contribution in [0, 0.1) is 23.4 Å². The van der Waals surface area contributed by atoms with Crippen LogP contribution in [-0.2, 0) is 12.7 Å². The van der Waals surface area contributed by atoms with Gasteiger partial charge in [-0.3, -0.25) is 14.9 Å². The molecular formula is C22H17ClF6N4O. The maximum Gasteiger partial charge on any atom is 0.432 e. The molecule has 0 aliphatic heterocycles. The van der Waals surface area contributed by atoms with Crippen LogP contribution in [0.1, 0.15) is 35.0 Å². The Morgan fingerprint density at radius 1 is 1.12 bits per heavy atom. The first kappa shape index (κ1) is 25.3. The van der Waals surface area contributed by atoms with Gasteiger partial charge >= 0.3 is 6.18 Å². The van der Waals surface area contributed by atoms with Crippen molar-refractivity contribution in [2.75, 3.05) is 5.32 Å². The Hall–Kier alpha value is -3.34. The topological polar surface area (TPSA) is 70.1 Å². The maximum atomic E-state index is 13.7. The Kier molecular flexibility index (Phi) is 7.65. The van der Waals surface area contributed by atoms with E-state index in [4.69, 9.17) is 11.6 Å². The number of anilines is 1. The summed E-state index contributed by atoms with van der Waals surface area (Å²) >= 11 is 6.01. The van der Waals surface area contributed by atoms with E-state index >= 15 is 0 Å². The number of amidine groups is 1. The second kappa shape index (κ2) is 10.3. The van der Waals surface area contributed by atoms with Gasteiger partial charge in [0.15, 0.2) is 23.2 Å². The number of carbonyl (C=O) groups is 1. The van der Waals surface area contributed by atoms with Crippen molar-refractivity contribution in [3.05, 3.63) is 81.8 Å². The number of H-pyrrole nitrogens is 1. The number of carbonyl (C=O) groups excluding carboxylic acids is 1. The molecule has 0 bridgehead atoms. The van der Waals surface area contributed by atoms with Gasteiger partial charge in [0, 0.05) is 16.7 Å². The van der Waals surface area contributed by atoms with Crippen molar-refractivity contribution in [2.24, 2.45) is 10.9 Å². The molecule has 180 valence electrons. The first-order valence-electron chi connectivity index (χ1n) is 9.86. The van der Waals surface area contributed by atoms with Crippen LogP contribution in [0.15, 0.2) is 47.5 Å². The number of ketones is 1. The SMILES string of the molecule is CCC(C(=O)c1ccc(F)c(F)c1)C(=NCc1ccc(F)cc1Cl)Nc1cc(C(F)(F)F)[nH]n1. The number of aromatic amines is 1. The summed E-state index contributed by atoms with van der Waals surface area (Å²) < 4.78 is 79.1. The number of nitrogens with zero attached hydrogens (tertiary/aromatic N) is 2. The highest BCUT2D eigenvalue weighted by Crippen LogP contribution is 2.29. The van der Waals surface area contributed by atoms with E-state index in [0.29, 0.717) is 11.6 Å². The number of aliphatic imine (C=N–C) groups is 1. The molecule has 3 aromatic rings. The molecule has 2 aromatic carbocycles. The van der Waals surface area contributed by atoms with Gasteiger partial charge in [0.2, 0.25) is 0 Å². The maximum absolute atomic E-state index is 13.7. The number of alkyl halides is 3. The van der Waals surface area contributed by atoms with E-state index in [9.17, 15) is 31.1 Å². The van der Waals surface area contributed by atoms with Gasteiger partial charge in [-0.25, -0.2) is 13.2 Å². The molecule has 1 unspecified atom stereocenters. The predicted molar refractivity (Wildman–Crippen MR) is 114 cm³/mol. The van der Waals surface area contributed by atoms with Crippen LogP contribution >= 0.6 is 11.6 Å². The van der Waals surface area contributed by atoms with E-state index in [-0.39, 0.29) is 35.2 Å². The number of halogens is 7. The van der Waals surface area contributed by atoms with Gasteiger partial charge in [-0.2, -0.15) is 18.3 Å². The highest BCUT2D eigenvalue weighted by molar-refractivity contribution is 6.31. The molecule has 5 nitrogen and oxygen atoms in total. The summed E-state index contributed by atoms with van der Waals surface area (Å²) in [6.45, 7) is 1.45. The number of rotatable bonds is 7. The van der Waals surface area contributed by atoms with E-state index < -0.39 is 41.0 Å². The zero-order chi connectivity index (χ0) is 25.0. The number of nitrogens with one attached hydrogen (secondary N) is 2. The first-order valence-corrected chi connectivity index (χ1v) is 10.2. The quantitative estimate of drug-likeness (QED) is 0.169. The number of aromatic nitrogens is 2. The monoisotopic (exact) mass is 502 g/mol. The summed E-state index contributed by atoms with van der Waals surface area (Å²) in [7, 11) is 0. The lowest BCUT2D eigenvalue weighted by Gasteiger charge is -2.18. The fourth-order valence-corrected chi connectivity index (χ4v) is 3.30. The average molecular weight is 503 g/mol. The summed E-state index contributed by atoms with van der Waals surface area (Å²) in [6, 6.07) is 6.88. The Labute approximate surface area is 194 Å². The van der Waals surface area contributed by atoms with Crippen molar-refractivity contribution >= 4 is 29.0 Å². The molecule has 0 spiro atoms. The van der Waals surface area contributed by atoms with Crippen LogP contribution in [0.4, 0.5) is 32.2 Å². The molecule has 1 aromatic heterocycles. The highest BCUT2D eigenvalue weighted by atomic mass is 35.5. The van der Waals surface area contributed by atoms with Crippen LogP contribution in [0.25, 0.3) is 0 Å². The second-order valence-electron chi connectivity index (χ2n) is 7.18. The van der Waals surface area contributed by atoms with E-state index in [1.165, 1.54) is 6.07 Å². The first-order chi connectivity index (χ1) is 16.0. The fraction of sp³-hybridized carbons (Fsp3) is 0.227. The minimum atomic E-state index is -4.68. The number of hydrogen-bond acceptors (Lipinski definition) is 3. The van der Waals surface area contributed by atoms with E-state index in [2.05, 4.69) is 15.4 Å². The van der Waals surface area contributed by atoms with Crippen molar-refractivity contribution in [3.8, 4) is 0 Å². The molecule has 0 saturated carbocycles. The minimum absolute atomic E-state index is 0.0576. The van der Waals surface area contributed by atoms with Gasteiger partial charge in [-0.05, 0) is 42.3 Å². The van der Waals surface area contributed by atoms with E-state index in [0.717, 1.165) is 30.3 Å². The smallest absolute Gasteiger partial charge is 0.327 e. The Balaban J connectivity index is 1.98. The molecule has 0 radical (unpaired) electrons.